The molecule has 1 aromatic heterocycles. The summed E-state index contributed by atoms with van der Waals surface area (Å²) in [5, 5.41) is 16.8. The molecule has 8 aromatic rings. The average Bonchev–Trinajstić information content (AvgIpc) is 3.10. The normalized spacial score (nSPS) is 11.2. The SMILES string of the molecule is N#Cc1cc(-c2ccc3cc(-c4c5ccccc5c(-c5ccccc5)c5ccccc45)ccc3c2-c2ccccc2)ccn1. The maximum atomic E-state index is 9.53. The van der Waals surface area contributed by atoms with Crippen molar-refractivity contribution in [3.8, 4) is 50.6 Å². The molecule has 204 valence electrons. The number of hydrogen-bond donors (Lipinski definition) is 0. The minimum Gasteiger partial charge on any atom is -0.246 e. The van der Waals surface area contributed by atoms with Gasteiger partial charge in [-0.15, -0.1) is 0 Å². The number of rotatable bonds is 4. The summed E-state index contributed by atoms with van der Waals surface area (Å²) in [5.74, 6) is 0. The van der Waals surface area contributed by atoms with Gasteiger partial charge < -0.3 is 0 Å². The highest BCUT2D eigenvalue weighted by molar-refractivity contribution is 6.22. The molecule has 0 bridgehead atoms. The second kappa shape index (κ2) is 10.7. The van der Waals surface area contributed by atoms with Crippen LogP contribution >= 0.6 is 0 Å². The first-order valence-electron chi connectivity index (χ1n) is 14.8. The summed E-state index contributed by atoms with van der Waals surface area (Å²) < 4.78 is 0. The van der Waals surface area contributed by atoms with Gasteiger partial charge in [0.2, 0.25) is 0 Å². The van der Waals surface area contributed by atoms with Crippen LogP contribution in [0, 0.1) is 11.3 Å². The highest BCUT2D eigenvalue weighted by atomic mass is 14.7. The highest BCUT2D eigenvalue weighted by Gasteiger charge is 2.18. The fourth-order valence-electron chi connectivity index (χ4n) is 6.66. The van der Waals surface area contributed by atoms with E-state index in [0.717, 1.165) is 22.3 Å². The van der Waals surface area contributed by atoms with Crippen LogP contribution in [0.1, 0.15) is 5.69 Å². The van der Waals surface area contributed by atoms with Gasteiger partial charge in [0.15, 0.2) is 0 Å². The lowest BCUT2D eigenvalue weighted by molar-refractivity contribution is 1.27. The van der Waals surface area contributed by atoms with E-state index in [1.54, 1.807) is 6.20 Å². The van der Waals surface area contributed by atoms with Crippen LogP contribution in [0.4, 0.5) is 0 Å². The molecule has 44 heavy (non-hydrogen) atoms. The molecule has 0 amide bonds. The molecule has 2 heteroatoms. The van der Waals surface area contributed by atoms with Crippen molar-refractivity contribution in [2.24, 2.45) is 0 Å². The minimum atomic E-state index is 0.412. The van der Waals surface area contributed by atoms with E-state index in [9.17, 15) is 5.26 Å². The summed E-state index contributed by atoms with van der Waals surface area (Å²) in [6, 6.07) is 56.0. The lowest BCUT2D eigenvalue weighted by Gasteiger charge is -2.19. The third-order valence-electron chi connectivity index (χ3n) is 8.55. The number of benzene rings is 7. The van der Waals surface area contributed by atoms with E-state index in [2.05, 4.69) is 145 Å². The van der Waals surface area contributed by atoms with Gasteiger partial charge in [-0.05, 0) is 95.0 Å². The topological polar surface area (TPSA) is 36.7 Å². The van der Waals surface area contributed by atoms with E-state index in [0.29, 0.717) is 5.69 Å². The Balaban J connectivity index is 1.41. The number of pyridine rings is 1. The van der Waals surface area contributed by atoms with E-state index >= 15 is 0 Å². The zero-order chi connectivity index (χ0) is 29.5. The fourth-order valence-corrected chi connectivity index (χ4v) is 6.66. The molecule has 1 heterocycles. The Morgan fingerprint density at radius 3 is 1.55 bits per heavy atom. The number of nitriles is 1. The van der Waals surface area contributed by atoms with Crippen LogP contribution in [0.5, 0.6) is 0 Å². The Hall–Kier alpha value is -6.04. The van der Waals surface area contributed by atoms with Gasteiger partial charge >= 0.3 is 0 Å². The molecular formula is C42H26N2. The molecule has 0 fully saturated rings. The number of hydrogen-bond acceptors (Lipinski definition) is 2. The smallest absolute Gasteiger partial charge is 0.141 e. The summed E-state index contributed by atoms with van der Waals surface area (Å²) in [4.78, 5) is 4.21. The third kappa shape index (κ3) is 4.23. The maximum Gasteiger partial charge on any atom is 0.141 e. The van der Waals surface area contributed by atoms with Gasteiger partial charge in [0, 0.05) is 6.20 Å². The van der Waals surface area contributed by atoms with Crippen LogP contribution < -0.4 is 0 Å². The van der Waals surface area contributed by atoms with Crippen LogP contribution in [0.25, 0.3) is 76.8 Å². The molecule has 7 aromatic carbocycles. The molecule has 0 unspecified atom stereocenters. The van der Waals surface area contributed by atoms with Crippen molar-refractivity contribution < 1.29 is 0 Å². The molecule has 0 atom stereocenters. The molecule has 0 aliphatic carbocycles. The minimum absolute atomic E-state index is 0.412. The Morgan fingerprint density at radius 2 is 0.955 bits per heavy atom. The predicted octanol–water partition coefficient (Wildman–Crippen LogP) is 11.1. The molecular weight excluding hydrogens is 532 g/mol. The van der Waals surface area contributed by atoms with Crippen molar-refractivity contribution in [3.63, 3.8) is 0 Å². The summed E-state index contributed by atoms with van der Waals surface area (Å²) in [5.41, 5.74) is 9.69. The van der Waals surface area contributed by atoms with Crippen molar-refractivity contribution in [1.29, 1.82) is 5.26 Å². The molecule has 8 rings (SSSR count). The van der Waals surface area contributed by atoms with Gasteiger partial charge in [0.1, 0.15) is 11.8 Å². The van der Waals surface area contributed by atoms with Crippen LogP contribution in [-0.4, -0.2) is 4.98 Å². The second-order valence-electron chi connectivity index (χ2n) is 11.0. The zero-order valence-electron chi connectivity index (χ0n) is 23.9. The van der Waals surface area contributed by atoms with Gasteiger partial charge in [-0.25, -0.2) is 4.98 Å². The first-order valence-corrected chi connectivity index (χ1v) is 14.8. The number of nitrogens with zero attached hydrogens (tertiary/aromatic N) is 2. The van der Waals surface area contributed by atoms with E-state index in [1.807, 2.05) is 18.2 Å². The van der Waals surface area contributed by atoms with E-state index in [-0.39, 0.29) is 0 Å². The highest BCUT2D eigenvalue weighted by Crippen LogP contribution is 2.45. The Kier molecular flexibility index (Phi) is 6.21. The van der Waals surface area contributed by atoms with Crippen LogP contribution in [0.2, 0.25) is 0 Å². The molecule has 2 nitrogen and oxygen atoms in total. The van der Waals surface area contributed by atoms with Gasteiger partial charge in [-0.2, -0.15) is 5.26 Å². The van der Waals surface area contributed by atoms with Crippen molar-refractivity contribution in [2.75, 3.05) is 0 Å². The molecule has 0 saturated carbocycles. The lowest BCUT2D eigenvalue weighted by Crippen LogP contribution is -1.92. The van der Waals surface area contributed by atoms with Crippen LogP contribution in [0.15, 0.2) is 158 Å². The first kappa shape index (κ1) is 25.7. The Labute approximate surface area is 256 Å². The molecule has 0 radical (unpaired) electrons. The largest absolute Gasteiger partial charge is 0.246 e. The Bertz CT molecular complexity index is 2330. The molecule has 0 saturated heterocycles. The molecule has 0 N–H and O–H groups in total. The standard InChI is InChI=1S/C42H26N2/c43-27-33-26-31(23-24-44-33)35-21-19-30-25-32(20-22-34(30)40(35)28-11-3-1-4-12-28)42-38-17-9-7-15-36(38)41(29-13-5-2-6-14-29)37-16-8-10-18-39(37)42/h1-26H. The third-order valence-corrected chi connectivity index (χ3v) is 8.55. The van der Waals surface area contributed by atoms with Crippen molar-refractivity contribution in [2.45, 2.75) is 0 Å². The van der Waals surface area contributed by atoms with E-state index in [4.69, 9.17) is 0 Å². The average molecular weight is 559 g/mol. The molecule has 0 aliphatic heterocycles. The summed E-state index contributed by atoms with van der Waals surface area (Å²) >= 11 is 0. The Morgan fingerprint density at radius 1 is 0.409 bits per heavy atom. The molecule has 0 spiro atoms. The van der Waals surface area contributed by atoms with Gasteiger partial charge in [-0.1, -0.05) is 133 Å². The van der Waals surface area contributed by atoms with Gasteiger partial charge in [0.25, 0.3) is 0 Å². The predicted molar refractivity (Wildman–Crippen MR) is 183 cm³/mol. The summed E-state index contributed by atoms with van der Waals surface area (Å²) in [6.45, 7) is 0. The second-order valence-corrected chi connectivity index (χ2v) is 11.0. The van der Waals surface area contributed by atoms with Crippen molar-refractivity contribution >= 4 is 32.3 Å². The number of fused-ring (bicyclic) bond motifs is 3. The van der Waals surface area contributed by atoms with Crippen molar-refractivity contribution in [3.05, 3.63) is 164 Å². The van der Waals surface area contributed by atoms with Gasteiger partial charge in [0.05, 0.1) is 0 Å². The number of aromatic nitrogens is 1. The van der Waals surface area contributed by atoms with E-state index in [1.165, 1.54) is 54.6 Å². The lowest BCUT2D eigenvalue weighted by atomic mass is 9.84. The summed E-state index contributed by atoms with van der Waals surface area (Å²) in [7, 11) is 0. The van der Waals surface area contributed by atoms with E-state index < -0.39 is 0 Å². The monoisotopic (exact) mass is 558 g/mol. The zero-order valence-corrected chi connectivity index (χ0v) is 23.9. The summed E-state index contributed by atoms with van der Waals surface area (Å²) in [6.07, 6.45) is 1.71. The first-order chi connectivity index (χ1) is 21.8. The fraction of sp³-hybridized carbons (Fsp3) is 0. The van der Waals surface area contributed by atoms with Crippen molar-refractivity contribution in [1.82, 2.24) is 4.98 Å². The van der Waals surface area contributed by atoms with Crippen LogP contribution in [0.3, 0.4) is 0 Å². The van der Waals surface area contributed by atoms with Crippen LogP contribution in [-0.2, 0) is 0 Å². The maximum absolute atomic E-state index is 9.53. The molecule has 0 aliphatic rings. The van der Waals surface area contributed by atoms with Gasteiger partial charge in [-0.3, -0.25) is 0 Å². The quantitative estimate of drug-likeness (QED) is 0.201.